The maximum Gasteiger partial charge on any atom is 0.355 e. The summed E-state index contributed by atoms with van der Waals surface area (Å²) < 4.78 is 10.8. The van der Waals surface area contributed by atoms with E-state index >= 15 is 0 Å². The molecule has 1 saturated heterocycles. The predicted molar refractivity (Wildman–Crippen MR) is 115 cm³/mol. The van der Waals surface area contributed by atoms with E-state index in [-0.39, 0.29) is 18.7 Å². The molecule has 0 aliphatic carbocycles. The van der Waals surface area contributed by atoms with Crippen LogP contribution in [-0.4, -0.2) is 44.8 Å². The molecular weight excluding hydrogens is 404 g/mol. The number of benzene rings is 1. The Hall–Kier alpha value is -2.61. The van der Waals surface area contributed by atoms with E-state index in [1.165, 1.54) is 16.7 Å². The number of rotatable bonds is 6. The van der Waals surface area contributed by atoms with Crippen molar-refractivity contribution in [1.82, 2.24) is 4.90 Å². The summed E-state index contributed by atoms with van der Waals surface area (Å²) in [6.07, 6.45) is -0.164. The molecule has 0 bridgehead atoms. The standard InChI is InChI=1S/C22H26N2O5S/c1-14(2)17(18(26)28-12-15-9-7-6-8-10-15)24-19(27)22(20(24)30-13-23-22)11-16(25)29-21(3,4)5/h6-10,13,20H,11-12H2,1-5H3/t20-,22-/m1/s1. The third-order valence-corrected chi connectivity index (χ3v) is 5.75. The Morgan fingerprint density at radius 2 is 1.87 bits per heavy atom. The van der Waals surface area contributed by atoms with Crippen LogP contribution in [0.25, 0.3) is 0 Å². The number of carbonyl (C=O) groups is 3. The Labute approximate surface area is 180 Å². The topological polar surface area (TPSA) is 85.3 Å². The number of fused-ring (bicyclic) bond motifs is 1. The summed E-state index contributed by atoms with van der Waals surface area (Å²) in [5, 5.41) is -0.480. The van der Waals surface area contributed by atoms with Crippen molar-refractivity contribution in [1.29, 1.82) is 0 Å². The van der Waals surface area contributed by atoms with Gasteiger partial charge in [-0.1, -0.05) is 42.1 Å². The smallest absolute Gasteiger partial charge is 0.355 e. The molecule has 2 atom stereocenters. The Kier molecular flexibility index (Phi) is 6.08. The van der Waals surface area contributed by atoms with Gasteiger partial charge < -0.3 is 9.47 Å². The quantitative estimate of drug-likeness (QED) is 0.390. The Bertz CT molecular complexity index is 915. The van der Waals surface area contributed by atoms with Crippen molar-refractivity contribution in [2.75, 3.05) is 0 Å². The summed E-state index contributed by atoms with van der Waals surface area (Å²) in [5.74, 6) is -1.47. The van der Waals surface area contributed by atoms with E-state index in [0.29, 0.717) is 5.57 Å². The third-order valence-electron chi connectivity index (χ3n) is 4.66. The van der Waals surface area contributed by atoms with Crippen LogP contribution in [-0.2, 0) is 30.5 Å². The molecule has 7 nitrogen and oxygen atoms in total. The van der Waals surface area contributed by atoms with E-state index in [2.05, 4.69) is 4.99 Å². The first kappa shape index (κ1) is 22.1. The molecule has 0 radical (unpaired) electrons. The molecule has 1 aromatic carbocycles. The van der Waals surface area contributed by atoms with Crippen LogP contribution in [0.1, 0.15) is 46.6 Å². The first-order chi connectivity index (χ1) is 14.0. The summed E-state index contributed by atoms with van der Waals surface area (Å²) in [7, 11) is 0. The van der Waals surface area contributed by atoms with Gasteiger partial charge in [-0.2, -0.15) is 0 Å². The molecule has 30 heavy (non-hydrogen) atoms. The second-order valence-electron chi connectivity index (χ2n) is 8.50. The number of esters is 2. The second-order valence-corrected chi connectivity index (χ2v) is 9.43. The van der Waals surface area contributed by atoms with Crippen molar-refractivity contribution in [2.45, 2.75) is 64.2 Å². The van der Waals surface area contributed by atoms with E-state index in [4.69, 9.17) is 9.47 Å². The molecule has 0 spiro atoms. The maximum absolute atomic E-state index is 13.1. The molecule has 0 N–H and O–H groups in total. The fraction of sp³-hybridized carbons (Fsp3) is 0.455. The van der Waals surface area contributed by atoms with Gasteiger partial charge in [0.05, 0.1) is 12.0 Å². The van der Waals surface area contributed by atoms with Crippen LogP contribution >= 0.6 is 11.8 Å². The van der Waals surface area contributed by atoms with E-state index in [1.54, 1.807) is 40.2 Å². The summed E-state index contributed by atoms with van der Waals surface area (Å²) in [6.45, 7) is 8.92. The molecule has 160 valence electrons. The number of aliphatic imine (C=N–C) groups is 1. The average molecular weight is 431 g/mol. The summed E-state index contributed by atoms with van der Waals surface area (Å²) in [4.78, 5) is 44.0. The van der Waals surface area contributed by atoms with Gasteiger partial charge in [0.2, 0.25) is 0 Å². The van der Waals surface area contributed by atoms with Gasteiger partial charge in [-0.25, -0.2) is 4.79 Å². The zero-order valence-electron chi connectivity index (χ0n) is 17.8. The second kappa shape index (κ2) is 8.26. The minimum atomic E-state index is -1.23. The lowest BCUT2D eigenvalue weighted by Crippen LogP contribution is -2.70. The normalized spacial score (nSPS) is 22.2. The van der Waals surface area contributed by atoms with Crippen molar-refractivity contribution in [3.8, 4) is 0 Å². The molecule has 3 rings (SSSR count). The zero-order chi connectivity index (χ0) is 22.1. The highest BCUT2D eigenvalue weighted by Crippen LogP contribution is 2.50. The van der Waals surface area contributed by atoms with E-state index in [0.717, 1.165) is 5.56 Å². The number of likely N-dealkylation sites (tertiary alicyclic amines) is 1. The van der Waals surface area contributed by atoms with Crippen molar-refractivity contribution < 1.29 is 23.9 Å². The molecule has 8 heteroatoms. The highest BCUT2D eigenvalue weighted by Gasteiger charge is 2.66. The lowest BCUT2D eigenvalue weighted by Gasteiger charge is -2.50. The fourth-order valence-corrected chi connectivity index (χ4v) is 4.56. The lowest BCUT2D eigenvalue weighted by molar-refractivity contribution is -0.166. The maximum atomic E-state index is 13.1. The number of ether oxygens (including phenoxy) is 2. The van der Waals surface area contributed by atoms with E-state index < -0.39 is 34.4 Å². The molecule has 2 heterocycles. The van der Waals surface area contributed by atoms with Crippen molar-refractivity contribution in [3.63, 3.8) is 0 Å². The average Bonchev–Trinajstić information content (AvgIpc) is 3.02. The van der Waals surface area contributed by atoms with Gasteiger partial charge in [0, 0.05) is 0 Å². The molecule has 0 unspecified atom stereocenters. The summed E-state index contributed by atoms with van der Waals surface area (Å²) >= 11 is 1.30. The number of carbonyl (C=O) groups excluding carboxylic acids is 3. The lowest BCUT2D eigenvalue weighted by atomic mass is 9.84. The van der Waals surface area contributed by atoms with Crippen LogP contribution in [0.2, 0.25) is 0 Å². The molecule has 1 amide bonds. The predicted octanol–water partition coefficient (Wildman–Crippen LogP) is 3.44. The van der Waals surface area contributed by atoms with Crippen molar-refractivity contribution in [2.24, 2.45) is 4.99 Å². The van der Waals surface area contributed by atoms with Crippen LogP contribution < -0.4 is 0 Å². The number of amides is 1. The Morgan fingerprint density at radius 1 is 1.20 bits per heavy atom. The number of β-lactam (4-membered cyclic amide) rings is 1. The number of hydrogen-bond donors (Lipinski definition) is 0. The van der Waals surface area contributed by atoms with Crippen LogP contribution in [0, 0.1) is 0 Å². The zero-order valence-corrected chi connectivity index (χ0v) is 18.6. The van der Waals surface area contributed by atoms with E-state index in [9.17, 15) is 14.4 Å². The van der Waals surface area contributed by atoms with Gasteiger partial charge in [-0.3, -0.25) is 19.5 Å². The number of nitrogens with zero attached hydrogens (tertiary/aromatic N) is 2. The monoisotopic (exact) mass is 430 g/mol. The van der Waals surface area contributed by atoms with E-state index in [1.807, 2.05) is 30.3 Å². The van der Waals surface area contributed by atoms with Crippen molar-refractivity contribution in [3.05, 3.63) is 47.2 Å². The molecule has 2 aliphatic heterocycles. The largest absolute Gasteiger partial charge is 0.460 e. The molecule has 1 fully saturated rings. The fourth-order valence-electron chi connectivity index (χ4n) is 3.40. The number of allylic oxidation sites excluding steroid dienone is 1. The van der Waals surface area contributed by atoms with Crippen LogP contribution in [0.15, 0.2) is 46.6 Å². The molecule has 1 aromatic rings. The molecule has 2 aliphatic rings. The summed E-state index contributed by atoms with van der Waals surface area (Å²) in [5.41, 5.74) is 1.38. The molecule has 0 aromatic heterocycles. The number of thioether (sulfide) groups is 1. The minimum absolute atomic E-state index is 0.107. The Morgan fingerprint density at radius 3 is 2.47 bits per heavy atom. The van der Waals surface area contributed by atoms with Gasteiger partial charge >= 0.3 is 11.9 Å². The van der Waals surface area contributed by atoms with Crippen molar-refractivity contribution >= 4 is 35.2 Å². The SMILES string of the molecule is CC(C)=C(C(=O)OCc1ccccc1)N1C(=O)[C@@]2(CC(=O)OC(C)(C)C)N=CS[C@@H]12. The highest BCUT2D eigenvalue weighted by molar-refractivity contribution is 8.13. The van der Waals surface area contributed by atoms with Gasteiger partial charge in [-0.05, 0) is 45.8 Å². The molecule has 0 saturated carbocycles. The van der Waals surface area contributed by atoms with Crippen LogP contribution in [0.3, 0.4) is 0 Å². The highest BCUT2D eigenvalue weighted by atomic mass is 32.2. The van der Waals surface area contributed by atoms with Gasteiger partial charge in [0.25, 0.3) is 5.91 Å². The number of hydrogen-bond acceptors (Lipinski definition) is 7. The van der Waals surface area contributed by atoms with Crippen LogP contribution in [0.5, 0.6) is 0 Å². The third kappa shape index (κ3) is 4.28. The first-order valence-corrected chi connectivity index (χ1v) is 10.6. The summed E-state index contributed by atoms with van der Waals surface area (Å²) in [6, 6.07) is 9.32. The Balaban J connectivity index is 1.75. The van der Waals surface area contributed by atoms with Crippen LogP contribution in [0.4, 0.5) is 0 Å². The minimum Gasteiger partial charge on any atom is -0.460 e. The first-order valence-electron chi connectivity index (χ1n) is 9.68. The molecular formula is C22H26N2O5S. The van der Waals surface area contributed by atoms with Gasteiger partial charge in [-0.15, -0.1) is 0 Å². The van der Waals surface area contributed by atoms with Gasteiger partial charge in [0.15, 0.2) is 5.54 Å². The van der Waals surface area contributed by atoms with Gasteiger partial charge in [0.1, 0.15) is 23.3 Å².